The quantitative estimate of drug-likeness (QED) is 0.314. The van der Waals surface area contributed by atoms with Crippen molar-refractivity contribution in [3.05, 3.63) is 0 Å². The summed E-state index contributed by atoms with van der Waals surface area (Å²) in [4.78, 5) is 0. The first-order valence-electron chi connectivity index (χ1n) is 0. The summed E-state index contributed by atoms with van der Waals surface area (Å²) < 4.78 is 0. The average molecular weight is 151 g/mol. The molecule has 0 aromatic rings. The van der Waals surface area contributed by atoms with E-state index in [1.54, 1.807) is 0 Å². The van der Waals surface area contributed by atoms with Crippen molar-refractivity contribution in [2.24, 2.45) is 0 Å². The van der Waals surface area contributed by atoms with Crippen LogP contribution in [0.3, 0.4) is 0 Å². The first kappa shape index (κ1) is 72.3. The molecular weight excluding hydrogens is 140 g/mol. The smallest absolute Gasteiger partial charge is 0.316 e. The van der Waals surface area contributed by atoms with Gasteiger partial charge in [0.25, 0.3) is 0 Å². The van der Waals surface area contributed by atoms with Gasteiger partial charge in [-0.2, -0.15) is 0 Å². The Morgan fingerprint density at radius 1 is 0.667 bits per heavy atom. The van der Waals surface area contributed by atoms with E-state index >= 15 is 0 Å². The maximum absolute atomic E-state index is 0. The van der Waals surface area contributed by atoms with Gasteiger partial charge in [0.15, 0.2) is 0 Å². The third-order valence-electron chi connectivity index (χ3n) is 0. The van der Waals surface area contributed by atoms with E-state index in [9.17, 15) is 0 Å². The molecule has 0 aliphatic rings. The molecule has 0 fully saturated rings. The van der Waals surface area contributed by atoms with Gasteiger partial charge < -0.3 is 11.0 Å². The van der Waals surface area contributed by atoms with E-state index in [0.717, 1.165) is 0 Å². The van der Waals surface area contributed by atoms with Crippen LogP contribution in [0, 0.1) is 0 Å². The van der Waals surface area contributed by atoms with Crippen LogP contribution < -0.4 is 0 Å². The molecule has 0 radical (unpaired) electrons. The third kappa shape index (κ3) is 30.3. The molecule has 6 heavy (non-hydrogen) atoms. The standard InChI is InChI=1S/Ca.FH.2Mg.2H2O.6H/h;1H;;;2*1H2;;;;;;. The fourth-order valence-corrected chi connectivity index (χ4v) is 0. The van der Waals surface area contributed by atoms with E-state index in [2.05, 4.69) is 0 Å². The van der Waals surface area contributed by atoms with Gasteiger partial charge in [0.05, 0.1) is 0 Å². The molecule has 6 heteroatoms. The predicted molar refractivity (Wildman–Crippen MR) is 35.4 cm³/mol. The number of hydrogen-bond donors (Lipinski definition) is 0. The van der Waals surface area contributed by atoms with E-state index < -0.39 is 0 Å². The summed E-state index contributed by atoms with van der Waals surface area (Å²) in [5.74, 6) is 0. The van der Waals surface area contributed by atoms with Gasteiger partial charge in [-0.25, -0.2) is 0 Å². The van der Waals surface area contributed by atoms with E-state index in [1.165, 1.54) is 0 Å². The van der Waals surface area contributed by atoms with Gasteiger partial charge in [0.1, 0.15) is 0 Å². The Hall–Kier alpha value is 2.64. The topological polar surface area (TPSA) is 63.0 Å². The summed E-state index contributed by atoms with van der Waals surface area (Å²) >= 11 is 0. The Bertz CT molecular complexity index is 11.5. The Labute approximate surface area is 97.7 Å². The summed E-state index contributed by atoms with van der Waals surface area (Å²) in [6, 6.07) is 0. The molecule has 0 aliphatic heterocycles. The zero-order valence-corrected chi connectivity index (χ0v) is 1.41. The van der Waals surface area contributed by atoms with Gasteiger partial charge in [-0.15, -0.1) is 0 Å². The Balaban J connectivity index is 0. The predicted octanol–water partition coefficient (Wildman–Crippen LogP) is -4.25. The number of halogens is 1. The van der Waals surface area contributed by atoms with E-state index in [0.29, 0.717) is 0 Å². The number of rotatable bonds is 0. The summed E-state index contributed by atoms with van der Waals surface area (Å²) in [5.41, 5.74) is 0. The molecule has 0 heterocycles. The van der Waals surface area contributed by atoms with Crippen LogP contribution >= 0.6 is 0 Å². The van der Waals surface area contributed by atoms with Gasteiger partial charge in [0.2, 0.25) is 0 Å². The zero-order chi connectivity index (χ0) is 0. The largest absolute Gasteiger partial charge is 0.316 e. The molecular formula is H11CaFMg2O2. The van der Waals surface area contributed by atoms with Crippen LogP contribution in [0.5, 0.6) is 0 Å². The molecule has 0 saturated heterocycles. The van der Waals surface area contributed by atoms with Gasteiger partial charge in [0, 0.05) is 0 Å². The van der Waals surface area contributed by atoms with Crippen LogP contribution in [0.2, 0.25) is 0 Å². The maximum atomic E-state index is 0. The summed E-state index contributed by atoms with van der Waals surface area (Å²) in [7, 11) is 0. The van der Waals surface area contributed by atoms with Gasteiger partial charge in [-0.05, 0) is 0 Å². The third-order valence-corrected chi connectivity index (χ3v) is 0. The zero-order valence-electron chi connectivity index (χ0n) is 1.41. The molecule has 0 spiro atoms. The van der Waals surface area contributed by atoms with Crippen LogP contribution in [-0.2, 0) is 0 Å². The van der Waals surface area contributed by atoms with Crippen molar-refractivity contribution < 1.29 is 15.7 Å². The molecule has 0 bridgehead atoms. The van der Waals surface area contributed by atoms with Crippen molar-refractivity contribution in [1.82, 2.24) is 0 Å². The maximum Gasteiger partial charge on any atom is 0.316 e. The molecule has 0 atom stereocenters. The molecule has 36 valence electrons. The SMILES string of the molecule is F.O.O.[CaH2].[MgH2].[MgH2]. The van der Waals surface area contributed by atoms with Gasteiger partial charge in [-0.3, -0.25) is 4.70 Å². The molecule has 0 unspecified atom stereocenters. The molecule has 4 N–H and O–H groups in total. The van der Waals surface area contributed by atoms with Crippen molar-refractivity contribution in [3.8, 4) is 0 Å². The second kappa shape index (κ2) is 48.3. The van der Waals surface area contributed by atoms with Gasteiger partial charge >= 0.3 is 83.8 Å². The molecule has 2 nitrogen and oxygen atoms in total. The first-order chi connectivity index (χ1) is 0. The first-order valence-corrected chi connectivity index (χ1v) is 0. The van der Waals surface area contributed by atoms with E-state index in [1.807, 2.05) is 0 Å². The molecule has 0 aromatic heterocycles. The van der Waals surface area contributed by atoms with E-state index in [-0.39, 0.29) is 99.5 Å². The van der Waals surface area contributed by atoms with E-state index in [4.69, 9.17) is 0 Å². The summed E-state index contributed by atoms with van der Waals surface area (Å²) in [6.45, 7) is 0. The van der Waals surface area contributed by atoms with Crippen molar-refractivity contribution in [3.63, 3.8) is 0 Å². The van der Waals surface area contributed by atoms with Crippen LogP contribution in [-0.4, -0.2) is 94.8 Å². The van der Waals surface area contributed by atoms with Crippen molar-refractivity contribution in [2.75, 3.05) is 0 Å². The van der Waals surface area contributed by atoms with Crippen LogP contribution in [0.1, 0.15) is 0 Å². The minimum atomic E-state index is 0. The summed E-state index contributed by atoms with van der Waals surface area (Å²) in [6.07, 6.45) is 0. The second-order valence-electron chi connectivity index (χ2n) is 0. The molecule has 0 aromatic carbocycles. The number of hydrogen-bond acceptors (Lipinski definition) is 0. The minimum Gasteiger partial charge on any atom is 0.316 e. The Kier molecular flexibility index (Phi) is 582. The Morgan fingerprint density at radius 3 is 0.667 bits per heavy atom. The molecule has 0 saturated carbocycles. The molecule has 0 rings (SSSR count). The van der Waals surface area contributed by atoms with Crippen LogP contribution in [0.15, 0.2) is 0 Å². The van der Waals surface area contributed by atoms with Crippen molar-refractivity contribution >= 4 is 83.8 Å². The molecule has 0 aliphatic carbocycles. The fraction of sp³-hybridized carbons (Fsp3) is 0. The Morgan fingerprint density at radius 2 is 0.667 bits per heavy atom. The minimum absolute atomic E-state index is 0. The summed E-state index contributed by atoms with van der Waals surface area (Å²) in [5, 5.41) is 0. The fourth-order valence-electron chi connectivity index (χ4n) is 0. The monoisotopic (exact) mass is 150 g/mol. The van der Waals surface area contributed by atoms with Crippen molar-refractivity contribution in [1.29, 1.82) is 0 Å². The van der Waals surface area contributed by atoms with Gasteiger partial charge in [-0.1, -0.05) is 0 Å². The van der Waals surface area contributed by atoms with Crippen LogP contribution in [0.25, 0.3) is 0 Å². The normalized spacial score (nSPS) is 0. The second-order valence-corrected chi connectivity index (χ2v) is 0. The molecule has 0 amide bonds. The van der Waals surface area contributed by atoms with Crippen molar-refractivity contribution in [2.45, 2.75) is 0 Å². The average Bonchev–Trinajstić information content (AvgIpc) is 0. The van der Waals surface area contributed by atoms with Crippen LogP contribution in [0.4, 0.5) is 4.70 Å².